The second kappa shape index (κ2) is 5.66. The molecule has 0 aliphatic heterocycles. The second-order valence-electron chi connectivity index (χ2n) is 5.84. The van der Waals surface area contributed by atoms with Gasteiger partial charge in [0.05, 0.1) is 0 Å². The van der Waals surface area contributed by atoms with Crippen LogP contribution in [0.3, 0.4) is 0 Å². The van der Waals surface area contributed by atoms with E-state index in [1.54, 1.807) is 6.07 Å². The van der Waals surface area contributed by atoms with Gasteiger partial charge < -0.3 is 4.74 Å². The number of nitrogens with zero attached hydrogens (tertiary/aromatic N) is 2. The first-order valence-corrected chi connectivity index (χ1v) is 7.83. The molecule has 2 saturated carbocycles. The normalized spacial score (nSPS) is 27.3. The fourth-order valence-electron chi connectivity index (χ4n) is 2.89. The van der Waals surface area contributed by atoms with Crippen molar-refractivity contribution in [2.24, 2.45) is 5.92 Å². The lowest BCUT2D eigenvalue weighted by molar-refractivity contribution is 0.116. The lowest BCUT2D eigenvalue weighted by Gasteiger charge is -2.28. The summed E-state index contributed by atoms with van der Waals surface area (Å²) < 4.78 is 6.05. The van der Waals surface area contributed by atoms with Gasteiger partial charge in [-0.05, 0) is 38.0 Å². The molecule has 3 rings (SSSR count). The topological polar surface area (TPSA) is 35.0 Å². The number of rotatable bonds is 4. The fraction of sp³-hybridized carbons (Fsp3) is 0.733. The molecular formula is C15H21ClN2O. The minimum absolute atomic E-state index is 0.303. The fourth-order valence-corrected chi connectivity index (χ4v) is 3.07. The van der Waals surface area contributed by atoms with Crippen LogP contribution in [0.4, 0.5) is 0 Å². The van der Waals surface area contributed by atoms with Crippen molar-refractivity contribution >= 4 is 11.6 Å². The van der Waals surface area contributed by atoms with Gasteiger partial charge >= 0.3 is 0 Å². The van der Waals surface area contributed by atoms with E-state index < -0.39 is 0 Å². The molecule has 2 unspecified atom stereocenters. The summed E-state index contributed by atoms with van der Waals surface area (Å²) in [4.78, 5) is 8.82. The van der Waals surface area contributed by atoms with Crippen molar-refractivity contribution in [3.05, 3.63) is 17.0 Å². The van der Waals surface area contributed by atoms with Crippen LogP contribution in [-0.2, 0) is 0 Å². The molecule has 1 heterocycles. The standard InChI is InChI=1S/C15H21ClN2O/c1-2-10-4-3-5-12(8-10)19-14-9-13(16)17-15(18-14)11-6-7-11/h9-12H,2-8H2,1H3. The Morgan fingerprint density at radius 1 is 1.26 bits per heavy atom. The number of aromatic nitrogens is 2. The highest BCUT2D eigenvalue weighted by Crippen LogP contribution is 2.39. The van der Waals surface area contributed by atoms with E-state index in [0.29, 0.717) is 23.1 Å². The Labute approximate surface area is 119 Å². The minimum Gasteiger partial charge on any atom is -0.474 e. The molecule has 1 aromatic heterocycles. The molecule has 0 bridgehead atoms. The Morgan fingerprint density at radius 2 is 2.11 bits per heavy atom. The van der Waals surface area contributed by atoms with Crippen LogP contribution < -0.4 is 4.74 Å². The summed E-state index contributed by atoms with van der Waals surface area (Å²) in [5.41, 5.74) is 0. The third-order valence-corrected chi connectivity index (χ3v) is 4.42. The smallest absolute Gasteiger partial charge is 0.218 e. The van der Waals surface area contributed by atoms with E-state index in [0.717, 1.165) is 24.6 Å². The number of ether oxygens (including phenoxy) is 1. The van der Waals surface area contributed by atoms with Crippen molar-refractivity contribution in [1.82, 2.24) is 9.97 Å². The Bertz CT molecular complexity index is 448. The van der Waals surface area contributed by atoms with Gasteiger partial charge in [-0.1, -0.05) is 31.4 Å². The number of hydrogen-bond acceptors (Lipinski definition) is 3. The summed E-state index contributed by atoms with van der Waals surface area (Å²) in [6, 6.07) is 1.75. The molecule has 2 atom stereocenters. The molecule has 3 nitrogen and oxygen atoms in total. The highest BCUT2D eigenvalue weighted by molar-refractivity contribution is 6.29. The van der Waals surface area contributed by atoms with Gasteiger partial charge in [-0.3, -0.25) is 0 Å². The van der Waals surface area contributed by atoms with Crippen molar-refractivity contribution in [2.75, 3.05) is 0 Å². The van der Waals surface area contributed by atoms with Gasteiger partial charge in [0.15, 0.2) is 0 Å². The lowest BCUT2D eigenvalue weighted by atomic mass is 9.85. The largest absolute Gasteiger partial charge is 0.474 e. The maximum absolute atomic E-state index is 6.06. The van der Waals surface area contributed by atoms with Crippen molar-refractivity contribution < 1.29 is 4.74 Å². The molecule has 2 aliphatic carbocycles. The molecule has 2 fully saturated rings. The molecule has 104 valence electrons. The molecule has 19 heavy (non-hydrogen) atoms. The predicted octanol–water partition coefficient (Wildman–Crippen LogP) is 4.36. The molecule has 0 spiro atoms. The van der Waals surface area contributed by atoms with Crippen LogP contribution in [0.25, 0.3) is 0 Å². The Balaban J connectivity index is 1.68. The van der Waals surface area contributed by atoms with Crippen LogP contribution in [0.1, 0.15) is 63.6 Å². The van der Waals surface area contributed by atoms with Gasteiger partial charge in [-0.15, -0.1) is 0 Å². The minimum atomic E-state index is 0.303. The van der Waals surface area contributed by atoms with Crippen LogP contribution in [0, 0.1) is 5.92 Å². The van der Waals surface area contributed by atoms with E-state index in [1.807, 2.05) is 0 Å². The first-order chi connectivity index (χ1) is 9.24. The molecule has 0 radical (unpaired) electrons. The zero-order chi connectivity index (χ0) is 13.2. The van der Waals surface area contributed by atoms with E-state index >= 15 is 0 Å². The van der Waals surface area contributed by atoms with Crippen molar-refractivity contribution in [1.29, 1.82) is 0 Å². The van der Waals surface area contributed by atoms with E-state index in [2.05, 4.69) is 16.9 Å². The van der Waals surface area contributed by atoms with Gasteiger partial charge in [0.1, 0.15) is 17.1 Å². The van der Waals surface area contributed by atoms with Gasteiger partial charge in [-0.25, -0.2) is 4.98 Å². The summed E-state index contributed by atoms with van der Waals surface area (Å²) in [7, 11) is 0. The van der Waals surface area contributed by atoms with E-state index in [1.165, 1.54) is 32.1 Å². The third kappa shape index (κ3) is 3.38. The highest BCUT2D eigenvalue weighted by atomic mass is 35.5. The molecule has 1 aromatic rings. The number of hydrogen-bond donors (Lipinski definition) is 0. The SMILES string of the molecule is CCC1CCCC(Oc2cc(Cl)nc(C3CC3)n2)C1. The van der Waals surface area contributed by atoms with E-state index in [4.69, 9.17) is 16.3 Å². The monoisotopic (exact) mass is 280 g/mol. The first-order valence-electron chi connectivity index (χ1n) is 7.45. The summed E-state index contributed by atoms with van der Waals surface area (Å²) in [5, 5.41) is 0.509. The molecule has 0 saturated heterocycles. The van der Waals surface area contributed by atoms with E-state index in [-0.39, 0.29) is 0 Å². The average Bonchev–Trinajstić information content (AvgIpc) is 3.22. The van der Waals surface area contributed by atoms with Crippen molar-refractivity contribution in [3.8, 4) is 5.88 Å². The van der Waals surface area contributed by atoms with Crippen LogP contribution in [0.15, 0.2) is 6.07 Å². The predicted molar refractivity (Wildman–Crippen MR) is 75.7 cm³/mol. The molecule has 0 aromatic carbocycles. The second-order valence-corrected chi connectivity index (χ2v) is 6.23. The van der Waals surface area contributed by atoms with Crippen molar-refractivity contribution in [3.63, 3.8) is 0 Å². The third-order valence-electron chi connectivity index (χ3n) is 4.23. The molecule has 2 aliphatic rings. The molecular weight excluding hydrogens is 260 g/mol. The summed E-state index contributed by atoms with van der Waals surface area (Å²) >= 11 is 6.06. The molecule has 0 N–H and O–H groups in total. The first kappa shape index (κ1) is 13.2. The highest BCUT2D eigenvalue weighted by Gasteiger charge is 2.28. The summed E-state index contributed by atoms with van der Waals surface area (Å²) in [5.74, 6) is 2.85. The van der Waals surface area contributed by atoms with Gasteiger partial charge in [-0.2, -0.15) is 4.98 Å². The average molecular weight is 281 g/mol. The summed E-state index contributed by atoms with van der Waals surface area (Å²) in [6.45, 7) is 2.26. The lowest BCUT2D eigenvalue weighted by Crippen LogP contribution is -2.25. The van der Waals surface area contributed by atoms with Crippen LogP contribution in [0.5, 0.6) is 5.88 Å². The van der Waals surface area contributed by atoms with Gasteiger partial charge in [0.2, 0.25) is 5.88 Å². The zero-order valence-corrected chi connectivity index (χ0v) is 12.2. The Morgan fingerprint density at radius 3 is 2.84 bits per heavy atom. The Hall–Kier alpha value is -0.830. The van der Waals surface area contributed by atoms with Crippen LogP contribution in [0.2, 0.25) is 5.15 Å². The van der Waals surface area contributed by atoms with Crippen molar-refractivity contribution in [2.45, 2.75) is 63.9 Å². The molecule has 4 heteroatoms. The quantitative estimate of drug-likeness (QED) is 0.769. The molecule has 0 amide bonds. The van der Waals surface area contributed by atoms with Gasteiger partial charge in [0.25, 0.3) is 0 Å². The zero-order valence-electron chi connectivity index (χ0n) is 11.4. The Kier molecular flexibility index (Phi) is 3.92. The van der Waals surface area contributed by atoms with Crippen LogP contribution in [-0.4, -0.2) is 16.1 Å². The van der Waals surface area contributed by atoms with Gasteiger partial charge in [0, 0.05) is 12.0 Å². The maximum atomic E-state index is 6.06. The summed E-state index contributed by atoms with van der Waals surface area (Å²) in [6.07, 6.45) is 8.80. The maximum Gasteiger partial charge on any atom is 0.218 e. The van der Waals surface area contributed by atoms with E-state index in [9.17, 15) is 0 Å². The number of halogens is 1. The van der Waals surface area contributed by atoms with Crippen LogP contribution >= 0.6 is 11.6 Å².